The molecule has 0 spiro atoms. The fourth-order valence-corrected chi connectivity index (χ4v) is 7.05. The molecule has 4 rings (SSSR count). The molecule has 1 atom stereocenters. The lowest BCUT2D eigenvalue weighted by Crippen LogP contribution is -2.27. The molecule has 7 heteroatoms. The predicted molar refractivity (Wildman–Crippen MR) is 136 cm³/mol. The number of rotatable bonds is 6. The summed E-state index contributed by atoms with van der Waals surface area (Å²) in [5.74, 6) is 0.491. The van der Waals surface area contributed by atoms with Crippen molar-refractivity contribution in [3.05, 3.63) is 88.5 Å². The molecule has 1 fully saturated rings. The van der Waals surface area contributed by atoms with Gasteiger partial charge in [0.2, 0.25) is 5.91 Å². The SMILES string of the molecule is CCc1ccc(N2C(=O)CS[C@H]2c2ccc(NS(=O)(=O)c3c(C)cc(C)cc3C)cc2)cc1. The van der Waals surface area contributed by atoms with Crippen molar-refractivity contribution in [2.24, 2.45) is 0 Å². The number of nitrogens with zero attached hydrogens (tertiary/aromatic N) is 1. The van der Waals surface area contributed by atoms with Crippen molar-refractivity contribution >= 4 is 39.1 Å². The summed E-state index contributed by atoms with van der Waals surface area (Å²) in [4.78, 5) is 14.8. The summed E-state index contributed by atoms with van der Waals surface area (Å²) in [6, 6.07) is 19.1. The van der Waals surface area contributed by atoms with Crippen LogP contribution < -0.4 is 9.62 Å². The third-order valence-corrected chi connectivity index (χ3v) is 8.71. The molecular formula is C26H28N2O3S2. The number of nitrogens with one attached hydrogen (secondary N) is 1. The molecule has 0 aromatic heterocycles. The van der Waals surface area contributed by atoms with E-state index in [0.717, 1.165) is 34.4 Å². The average Bonchev–Trinajstić information content (AvgIpc) is 3.14. The van der Waals surface area contributed by atoms with E-state index in [-0.39, 0.29) is 11.3 Å². The smallest absolute Gasteiger partial charge is 0.262 e. The Morgan fingerprint density at radius 3 is 2.15 bits per heavy atom. The van der Waals surface area contributed by atoms with Crippen LogP contribution in [0.25, 0.3) is 0 Å². The molecule has 0 radical (unpaired) electrons. The summed E-state index contributed by atoms with van der Waals surface area (Å²) < 4.78 is 28.8. The van der Waals surface area contributed by atoms with E-state index in [1.54, 1.807) is 23.9 Å². The summed E-state index contributed by atoms with van der Waals surface area (Å²) in [6.45, 7) is 7.68. The molecule has 3 aromatic carbocycles. The fraction of sp³-hybridized carbons (Fsp3) is 0.269. The van der Waals surface area contributed by atoms with Gasteiger partial charge in [0.25, 0.3) is 10.0 Å². The molecule has 1 amide bonds. The van der Waals surface area contributed by atoms with Gasteiger partial charge in [-0.25, -0.2) is 8.42 Å². The number of sulfonamides is 1. The van der Waals surface area contributed by atoms with E-state index in [9.17, 15) is 13.2 Å². The molecule has 1 N–H and O–H groups in total. The zero-order chi connectivity index (χ0) is 23.8. The summed E-state index contributed by atoms with van der Waals surface area (Å²) in [7, 11) is -3.71. The third kappa shape index (κ3) is 4.80. The minimum absolute atomic E-state index is 0.0735. The first-order valence-electron chi connectivity index (χ1n) is 10.9. The molecule has 3 aromatic rings. The second-order valence-corrected chi connectivity index (χ2v) is 11.1. The number of hydrogen-bond acceptors (Lipinski definition) is 4. The van der Waals surface area contributed by atoms with Gasteiger partial charge in [0.05, 0.1) is 10.6 Å². The molecule has 1 aliphatic heterocycles. The quantitative estimate of drug-likeness (QED) is 0.488. The van der Waals surface area contributed by atoms with Crippen molar-refractivity contribution < 1.29 is 13.2 Å². The first kappa shape index (κ1) is 23.4. The van der Waals surface area contributed by atoms with Gasteiger partial charge in [-0.15, -0.1) is 11.8 Å². The largest absolute Gasteiger partial charge is 0.295 e. The molecule has 5 nitrogen and oxygen atoms in total. The van der Waals surface area contributed by atoms with Crippen LogP contribution in [0, 0.1) is 20.8 Å². The van der Waals surface area contributed by atoms with E-state index in [1.807, 2.05) is 62.1 Å². The number of thioether (sulfide) groups is 1. The van der Waals surface area contributed by atoms with Crippen LogP contribution in [0.5, 0.6) is 0 Å². The van der Waals surface area contributed by atoms with Gasteiger partial charge in [-0.05, 0) is 73.7 Å². The number of hydrogen-bond donors (Lipinski definition) is 1. The van der Waals surface area contributed by atoms with Crippen molar-refractivity contribution in [3.8, 4) is 0 Å². The lowest BCUT2D eigenvalue weighted by molar-refractivity contribution is -0.115. The highest BCUT2D eigenvalue weighted by molar-refractivity contribution is 8.00. The maximum absolute atomic E-state index is 13.1. The van der Waals surface area contributed by atoms with Crippen LogP contribution in [0.4, 0.5) is 11.4 Å². The van der Waals surface area contributed by atoms with Gasteiger partial charge in [0.15, 0.2) is 0 Å². The maximum atomic E-state index is 13.1. The first-order chi connectivity index (χ1) is 15.7. The molecule has 1 aliphatic rings. The van der Waals surface area contributed by atoms with Gasteiger partial charge in [0, 0.05) is 11.4 Å². The highest BCUT2D eigenvalue weighted by atomic mass is 32.2. The van der Waals surface area contributed by atoms with Crippen LogP contribution in [-0.2, 0) is 21.2 Å². The summed E-state index contributed by atoms with van der Waals surface area (Å²) in [6.07, 6.45) is 0.950. The minimum atomic E-state index is -3.71. The minimum Gasteiger partial charge on any atom is -0.295 e. The van der Waals surface area contributed by atoms with Crippen molar-refractivity contribution in [1.82, 2.24) is 0 Å². The second-order valence-electron chi connectivity index (χ2n) is 8.40. The normalized spacial score (nSPS) is 16.3. The summed E-state index contributed by atoms with van der Waals surface area (Å²) in [5, 5.41) is -0.141. The van der Waals surface area contributed by atoms with E-state index < -0.39 is 10.0 Å². The van der Waals surface area contributed by atoms with Crippen molar-refractivity contribution in [1.29, 1.82) is 0 Å². The lowest BCUT2D eigenvalue weighted by Gasteiger charge is -2.25. The Morgan fingerprint density at radius 2 is 1.58 bits per heavy atom. The fourth-order valence-electron chi connectivity index (χ4n) is 4.35. The zero-order valence-corrected chi connectivity index (χ0v) is 20.9. The summed E-state index contributed by atoms with van der Waals surface area (Å²) >= 11 is 1.58. The number of aryl methyl sites for hydroxylation is 4. The molecule has 0 bridgehead atoms. The van der Waals surface area contributed by atoms with Gasteiger partial charge < -0.3 is 0 Å². The Kier molecular flexibility index (Phi) is 6.54. The maximum Gasteiger partial charge on any atom is 0.262 e. The Balaban J connectivity index is 1.57. The van der Waals surface area contributed by atoms with Crippen molar-refractivity contribution in [2.45, 2.75) is 44.4 Å². The second kappa shape index (κ2) is 9.23. The van der Waals surface area contributed by atoms with E-state index >= 15 is 0 Å². The molecule has 0 aliphatic carbocycles. The Labute approximate surface area is 200 Å². The molecule has 172 valence electrons. The topological polar surface area (TPSA) is 66.5 Å². The highest BCUT2D eigenvalue weighted by Crippen LogP contribution is 2.42. The van der Waals surface area contributed by atoms with Crippen LogP contribution in [0.3, 0.4) is 0 Å². The number of anilines is 2. The van der Waals surface area contributed by atoms with E-state index in [0.29, 0.717) is 16.3 Å². The molecule has 33 heavy (non-hydrogen) atoms. The van der Waals surface area contributed by atoms with Gasteiger partial charge >= 0.3 is 0 Å². The van der Waals surface area contributed by atoms with Gasteiger partial charge in [0.1, 0.15) is 5.37 Å². The van der Waals surface area contributed by atoms with Crippen LogP contribution in [0.15, 0.2) is 65.6 Å². The van der Waals surface area contributed by atoms with E-state index in [2.05, 4.69) is 23.8 Å². The Morgan fingerprint density at radius 1 is 0.970 bits per heavy atom. The molecule has 1 saturated heterocycles. The zero-order valence-electron chi connectivity index (χ0n) is 19.3. The van der Waals surface area contributed by atoms with Crippen LogP contribution in [-0.4, -0.2) is 20.1 Å². The van der Waals surface area contributed by atoms with E-state index in [4.69, 9.17) is 0 Å². The highest BCUT2D eigenvalue weighted by Gasteiger charge is 2.34. The Hall–Kier alpha value is -2.77. The third-order valence-electron chi connectivity index (χ3n) is 5.81. The molecule has 0 saturated carbocycles. The van der Waals surface area contributed by atoms with Crippen LogP contribution >= 0.6 is 11.8 Å². The molecular weight excluding hydrogens is 452 g/mol. The molecule has 0 unspecified atom stereocenters. The summed E-state index contributed by atoms with van der Waals surface area (Å²) in [5.41, 5.74) is 6.03. The van der Waals surface area contributed by atoms with Gasteiger partial charge in [-0.2, -0.15) is 0 Å². The number of amides is 1. The predicted octanol–water partition coefficient (Wildman–Crippen LogP) is 5.75. The van der Waals surface area contributed by atoms with Gasteiger partial charge in [-0.1, -0.05) is 48.9 Å². The number of carbonyl (C=O) groups excluding carboxylic acids is 1. The van der Waals surface area contributed by atoms with Gasteiger partial charge in [-0.3, -0.25) is 14.4 Å². The Bertz CT molecular complexity index is 1260. The average molecular weight is 481 g/mol. The van der Waals surface area contributed by atoms with Crippen molar-refractivity contribution in [2.75, 3.05) is 15.4 Å². The number of benzene rings is 3. The van der Waals surface area contributed by atoms with Crippen LogP contribution in [0.1, 0.15) is 40.1 Å². The van der Waals surface area contributed by atoms with Crippen LogP contribution in [0.2, 0.25) is 0 Å². The number of carbonyl (C=O) groups is 1. The first-order valence-corrected chi connectivity index (χ1v) is 13.5. The van der Waals surface area contributed by atoms with E-state index in [1.165, 1.54) is 5.56 Å². The lowest BCUT2D eigenvalue weighted by atomic mass is 10.1. The van der Waals surface area contributed by atoms with Crippen molar-refractivity contribution in [3.63, 3.8) is 0 Å². The molecule has 1 heterocycles. The monoisotopic (exact) mass is 480 g/mol. The standard InChI is InChI=1S/C26H28N2O3S2/c1-5-20-6-12-23(13-7-20)28-24(29)16-32-26(28)21-8-10-22(11-9-21)27-33(30,31)25-18(3)14-17(2)15-19(25)4/h6-15,26-27H,5,16H2,1-4H3/t26-/m0/s1.